The van der Waals surface area contributed by atoms with Gasteiger partial charge >= 0.3 is 0 Å². The number of nitrogens with zero attached hydrogens (tertiary/aromatic N) is 3. The molecule has 0 atom stereocenters. The summed E-state index contributed by atoms with van der Waals surface area (Å²) in [7, 11) is 0. The maximum atomic E-state index is 5.92. The van der Waals surface area contributed by atoms with Gasteiger partial charge in [-0.15, -0.1) is 0 Å². The van der Waals surface area contributed by atoms with Crippen LogP contribution < -0.4 is 10.1 Å². The molecule has 0 aliphatic carbocycles. The van der Waals surface area contributed by atoms with Crippen LogP contribution in [0.15, 0.2) is 24.7 Å². The Kier molecular flexibility index (Phi) is 5.47. The molecule has 0 radical (unpaired) electrons. The molecule has 0 saturated carbocycles. The summed E-state index contributed by atoms with van der Waals surface area (Å²) in [6.07, 6.45) is 4.88. The van der Waals surface area contributed by atoms with Gasteiger partial charge < -0.3 is 10.1 Å². The molecule has 0 aliphatic rings. The third-order valence-electron chi connectivity index (χ3n) is 2.81. The first-order chi connectivity index (χ1) is 10.1. The Bertz CT molecular complexity index is 604. The number of pyridine rings is 1. The second kappa shape index (κ2) is 7.33. The molecule has 6 heteroatoms. The van der Waals surface area contributed by atoms with E-state index in [0.29, 0.717) is 23.1 Å². The first-order valence-electron chi connectivity index (χ1n) is 6.95. The molecule has 0 spiro atoms. The van der Waals surface area contributed by atoms with Crippen molar-refractivity contribution in [3.05, 3.63) is 41.2 Å². The molecule has 0 amide bonds. The molecule has 112 valence electrons. The highest BCUT2D eigenvalue weighted by atomic mass is 35.5. The molecular formula is C15H19ClN4O. The number of aromatic nitrogens is 3. The molecule has 0 aromatic carbocycles. The van der Waals surface area contributed by atoms with Crippen LogP contribution in [0, 0.1) is 0 Å². The van der Waals surface area contributed by atoms with E-state index in [-0.39, 0.29) is 5.92 Å². The van der Waals surface area contributed by atoms with Gasteiger partial charge in [0, 0.05) is 24.7 Å². The van der Waals surface area contributed by atoms with Crippen molar-refractivity contribution in [2.75, 3.05) is 6.54 Å². The van der Waals surface area contributed by atoms with Crippen molar-refractivity contribution >= 4 is 11.6 Å². The van der Waals surface area contributed by atoms with Crippen molar-refractivity contribution in [1.82, 2.24) is 20.3 Å². The Morgan fingerprint density at radius 3 is 2.76 bits per heavy atom. The van der Waals surface area contributed by atoms with Gasteiger partial charge in [0.1, 0.15) is 17.3 Å². The van der Waals surface area contributed by atoms with E-state index < -0.39 is 0 Å². The largest absolute Gasteiger partial charge is 0.452 e. The molecule has 0 aliphatic heterocycles. The number of nitrogens with one attached hydrogen (secondary N) is 1. The topological polar surface area (TPSA) is 59.9 Å². The molecule has 5 nitrogen and oxygen atoms in total. The zero-order valence-electron chi connectivity index (χ0n) is 12.4. The van der Waals surface area contributed by atoms with Gasteiger partial charge in [0.25, 0.3) is 0 Å². The minimum Gasteiger partial charge on any atom is -0.452 e. The van der Waals surface area contributed by atoms with E-state index in [1.807, 2.05) is 6.92 Å². The SMILES string of the molecule is CCNCc1nc(C(C)C)ncc1Oc1cncc(Cl)c1. The Labute approximate surface area is 129 Å². The second-order valence-corrected chi connectivity index (χ2v) is 5.35. The summed E-state index contributed by atoms with van der Waals surface area (Å²) in [5.41, 5.74) is 0.829. The highest BCUT2D eigenvalue weighted by Crippen LogP contribution is 2.26. The number of halogens is 1. The summed E-state index contributed by atoms with van der Waals surface area (Å²) in [4.78, 5) is 12.9. The predicted octanol–water partition coefficient (Wildman–Crippen LogP) is 3.55. The highest BCUT2D eigenvalue weighted by molar-refractivity contribution is 6.30. The van der Waals surface area contributed by atoms with Crippen LogP contribution in [-0.2, 0) is 6.54 Å². The summed E-state index contributed by atoms with van der Waals surface area (Å²) < 4.78 is 5.81. The van der Waals surface area contributed by atoms with Crippen molar-refractivity contribution in [1.29, 1.82) is 0 Å². The van der Waals surface area contributed by atoms with Gasteiger partial charge in [-0.2, -0.15) is 0 Å². The predicted molar refractivity (Wildman–Crippen MR) is 82.8 cm³/mol. The van der Waals surface area contributed by atoms with E-state index in [1.54, 1.807) is 24.7 Å². The van der Waals surface area contributed by atoms with Crippen LogP contribution >= 0.6 is 11.6 Å². The zero-order chi connectivity index (χ0) is 15.2. The van der Waals surface area contributed by atoms with Crippen molar-refractivity contribution in [2.45, 2.75) is 33.2 Å². The van der Waals surface area contributed by atoms with E-state index in [0.717, 1.165) is 18.1 Å². The lowest BCUT2D eigenvalue weighted by Crippen LogP contribution is -2.15. The number of rotatable bonds is 6. The molecule has 0 unspecified atom stereocenters. The minimum absolute atomic E-state index is 0.271. The normalized spacial score (nSPS) is 10.9. The summed E-state index contributed by atoms with van der Waals surface area (Å²) in [5, 5.41) is 3.78. The lowest BCUT2D eigenvalue weighted by atomic mass is 10.2. The molecule has 1 N–H and O–H groups in total. The summed E-state index contributed by atoms with van der Waals surface area (Å²) in [5.74, 6) is 2.26. The summed E-state index contributed by atoms with van der Waals surface area (Å²) >= 11 is 5.92. The fourth-order valence-corrected chi connectivity index (χ4v) is 1.89. The van der Waals surface area contributed by atoms with Crippen LogP contribution in [0.4, 0.5) is 0 Å². The molecule has 2 aromatic heterocycles. The maximum Gasteiger partial charge on any atom is 0.168 e. The van der Waals surface area contributed by atoms with Crippen LogP contribution in [0.5, 0.6) is 11.5 Å². The van der Waals surface area contributed by atoms with Crippen molar-refractivity contribution in [3.63, 3.8) is 0 Å². The quantitative estimate of drug-likeness (QED) is 0.884. The van der Waals surface area contributed by atoms with Gasteiger partial charge in [-0.3, -0.25) is 4.98 Å². The molecule has 0 bridgehead atoms. The number of hydrogen-bond acceptors (Lipinski definition) is 5. The van der Waals surface area contributed by atoms with E-state index in [2.05, 4.69) is 34.1 Å². The van der Waals surface area contributed by atoms with E-state index in [1.165, 1.54) is 0 Å². The lowest BCUT2D eigenvalue weighted by Gasteiger charge is -2.13. The maximum absolute atomic E-state index is 5.92. The van der Waals surface area contributed by atoms with Gasteiger partial charge in [0.2, 0.25) is 0 Å². The van der Waals surface area contributed by atoms with Gasteiger partial charge in [0.05, 0.1) is 17.4 Å². The molecule has 21 heavy (non-hydrogen) atoms. The van der Waals surface area contributed by atoms with E-state index in [9.17, 15) is 0 Å². The van der Waals surface area contributed by atoms with Gasteiger partial charge in [-0.1, -0.05) is 32.4 Å². The van der Waals surface area contributed by atoms with E-state index in [4.69, 9.17) is 16.3 Å². The third-order valence-corrected chi connectivity index (χ3v) is 3.02. The average Bonchev–Trinajstić information content (AvgIpc) is 2.46. The number of ether oxygens (including phenoxy) is 1. The Morgan fingerprint density at radius 1 is 1.29 bits per heavy atom. The standard InChI is InChI=1S/C15H19ClN4O/c1-4-17-8-13-14(9-19-15(20-13)10(2)3)21-12-5-11(16)6-18-7-12/h5-7,9-10,17H,4,8H2,1-3H3. The average molecular weight is 307 g/mol. The fraction of sp³-hybridized carbons (Fsp3) is 0.400. The molecule has 0 saturated heterocycles. The van der Waals surface area contributed by atoms with Crippen LogP contribution in [0.1, 0.15) is 38.2 Å². The summed E-state index contributed by atoms with van der Waals surface area (Å²) in [6, 6.07) is 1.71. The lowest BCUT2D eigenvalue weighted by molar-refractivity contribution is 0.461. The third kappa shape index (κ3) is 4.37. The van der Waals surface area contributed by atoms with Crippen LogP contribution in [0.2, 0.25) is 5.02 Å². The minimum atomic E-state index is 0.271. The van der Waals surface area contributed by atoms with Crippen LogP contribution in [-0.4, -0.2) is 21.5 Å². The fourth-order valence-electron chi connectivity index (χ4n) is 1.73. The zero-order valence-corrected chi connectivity index (χ0v) is 13.2. The van der Waals surface area contributed by atoms with Crippen molar-refractivity contribution in [2.24, 2.45) is 0 Å². The molecular weight excluding hydrogens is 288 g/mol. The second-order valence-electron chi connectivity index (χ2n) is 4.92. The Balaban J connectivity index is 2.28. The molecule has 2 rings (SSSR count). The molecule has 0 fully saturated rings. The van der Waals surface area contributed by atoms with Gasteiger partial charge in [-0.25, -0.2) is 9.97 Å². The van der Waals surface area contributed by atoms with Crippen LogP contribution in [0.3, 0.4) is 0 Å². The van der Waals surface area contributed by atoms with E-state index >= 15 is 0 Å². The smallest absolute Gasteiger partial charge is 0.168 e. The van der Waals surface area contributed by atoms with Crippen molar-refractivity contribution in [3.8, 4) is 11.5 Å². The van der Waals surface area contributed by atoms with Crippen molar-refractivity contribution < 1.29 is 4.74 Å². The van der Waals surface area contributed by atoms with Gasteiger partial charge in [-0.05, 0) is 6.54 Å². The Morgan fingerprint density at radius 2 is 2.10 bits per heavy atom. The van der Waals surface area contributed by atoms with Crippen LogP contribution in [0.25, 0.3) is 0 Å². The first-order valence-corrected chi connectivity index (χ1v) is 7.33. The highest BCUT2D eigenvalue weighted by Gasteiger charge is 2.11. The first kappa shape index (κ1) is 15.7. The summed E-state index contributed by atoms with van der Waals surface area (Å²) in [6.45, 7) is 7.66. The number of hydrogen-bond donors (Lipinski definition) is 1. The molecule has 2 heterocycles. The molecule has 2 aromatic rings. The monoisotopic (exact) mass is 306 g/mol. The Hall–Kier alpha value is -1.72. The van der Waals surface area contributed by atoms with Gasteiger partial charge in [0.15, 0.2) is 5.75 Å².